The third kappa shape index (κ3) is 6.02. The Kier molecular flexibility index (Phi) is 7.86. The number of hydrogen-bond acceptors (Lipinski definition) is 4. The van der Waals surface area contributed by atoms with Gasteiger partial charge in [-0.05, 0) is 31.4 Å². The molecule has 0 radical (unpaired) electrons. The van der Waals surface area contributed by atoms with Gasteiger partial charge in [-0.3, -0.25) is 9.59 Å². The summed E-state index contributed by atoms with van der Waals surface area (Å²) in [5.74, 6) is 1.04. The Labute approximate surface area is 154 Å². The number of amides is 1. The van der Waals surface area contributed by atoms with Gasteiger partial charge in [0.05, 0.1) is 6.04 Å². The van der Waals surface area contributed by atoms with Crippen LogP contribution in [-0.2, 0) is 4.79 Å². The Morgan fingerprint density at radius 2 is 2.08 bits per heavy atom. The Morgan fingerprint density at radius 1 is 1.27 bits per heavy atom. The van der Waals surface area contributed by atoms with Crippen LogP contribution in [0.5, 0.6) is 5.88 Å². The van der Waals surface area contributed by atoms with Gasteiger partial charge in [0.25, 0.3) is 0 Å². The van der Waals surface area contributed by atoms with Crippen molar-refractivity contribution in [1.29, 1.82) is 0 Å². The first-order valence-electron chi connectivity index (χ1n) is 9.09. The molecule has 0 aliphatic carbocycles. The molecule has 2 atom stereocenters. The zero-order chi connectivity index (χ0) is 18.8. The number of aromatic nitrogens is 2. The molecule has 6 heteroatoms. The number of H-pyrrole nitrogens is 1. The Hall–Kier alpha value is -2.63. The van der Waals surface area contributed by atoms with Crippen molar-refractivity contribution in [1.82, 2.24) is 14.9 Å². The van der Waals surface area contributed by atoms with Crippen LogP contribution >= 0.6 is 0 Å². The summed E-state index contributed by atoms with van der Waals surface area (Å²) < 4.78 is 5.69. The molecule has 0 spiro atoms. The highest BCUT2D eigenvalue weighted by atomic mass is 16.5. The molecule has 1 N–H and O–H groups in total. The van der Waals surface area contributed by atoms with E-state index >= 15 is 0 Å². The normalized spacial score (nSPS) is 17.8. The Balaban J connectivity index is 0.000000290. The molecule has 6 nitrogen and oxygen atoms in total. The molecule has 0 aromatic carbocycles. The van der Waals surface area contributed by atoms with Crippen molar-refractivity contribution in [3.8, 4) is 5.88 Å². The maximum absolute atomic E-state index is 12.2. The number of nitrogens with one attached hydrogen (secondary N) is 1. The molecular weight excluding hydrogens is 330 g/mol. The van der Waals surface area contributed by atoms with E-state index in [1.54, 1.807) is 24.5 Å². The zero-order valence-corrected chi connectivity index (χ0v) is 15.4. The van der Waals surface area contributed by atoms with E-state index in [0.717, 1.165) is 25.8 Å². The smallest absolute Gasteiger partial charge is 0.247 e. The number of carbonyl (C=O) groups excluding carboxylic acids is 1. The van der Waals surface area contributed by atoms with Crippen LogP contribution in [0.4, 0.5) is 0 Å². The van der Waals surface area contributed by atoms with Crippen LogP contribution < -0.4 is 10.3 Å². The molecule has 1 saturated heterocycles. The average Bonchev–Trinajstić information content (AvgIpc) is 2.67. The quantitative estimate of drug-likeness (QED) is 0.893. The van der Waals surface area contributed by atoms with E-state index in [9.17, 15) is 9.59 Å². The standard InChI is InChI=1S/C15H22N2O2.C5H5NO/c1-3-13(11-19-14-8-4-5-9-16-14)17-10-6-7-12(2)15(17)18;7-5-3-1-2-4-6-5/h4-5,8-9,12-13H,3,6-7,10-11H2,1-2H3;1-4H,(H,6,7)/t12?,13-;/m0./s1. The number of aromatic amines is 1. The van der Waals surface area contributed by atoms with Crippen LogP contribution in [0.3, 0.4) is 0 Å². The monoisotopic (exact) mass is 357 g/mol. The fourth-order valence-corrected chi connectivity index (χ4v) is 2.87. The summed E-state index contributed by atoms with van der Waals surface area (Å²) in [4.78, 5) is 31.0. The van der Waals surface area contributed by atoms with Crippen molar-refractivity contribution in [2.24, 2.45) is 5.92 Å². The van der Waals surface area contributed by atoms with Gasteiger partial charge in [0.2, 0.25) is 17.3 Å². The number of hydrogen-bond donors (Lipinski definition) is 1. The van der Waals surface area contributed by atoms with E-state index in [4.69, 9.17) is 4.74 Å². The van der Waals surface area contributed by atoms with Gasteiger partial charge >= 0.3 is 0 Å². The van der Waals surface area contributed by atoms with Crippen molar-refractivity contribution in [2.75, 3.05) is 13.2 Å². The number of pyridine rings is 2. The molecule has 26 heavy (non-hydrogen) atoms. The van der Waals surface area contributed by atoms with Crippen LogP contribution in [-0.4, -0.2) is 40.0 Å². The molecule has 1 aliphatic heterocycles. The fourth-order valence-electron chi connectivity index (χ4n) is 2.87. The van der Waals surface area contributed by atoms with Crippen LogP contribution in [0.25, 0.3) is 0 Å². The molecule has 1 fully saturated rings. The maximum Gasteiger partial charge on any atom is 0.247 e. The van der Waals surface area contributed by atoms with Crippen molar-refractivity contribution in [3.05, 3.63) is 59.1 Å². The molecule has 1 amide bonds. The largest absolute Gasteiger partial charge is 0.475 e. The highest BCUT2D eigenvalue weighted by molar-refractivity contribution is 5.79. The van der Waals surface area contributed by atoms with Gasteiger partial charge < -0.3 is 14.6 Å². The third-order valence-corrected chi connectivity index (χ3v) is 4.39. The van der Waals surface area contributed by atoms with Gasteiger partial charge in [-0.25, -0.2) is 4.98 Å². The van der Waals surface area contributed by atoms with Crippen LogP contribution in [0.2, 0.25) is 0 Å². The number of piperidine rings is 1. The van der Waals surface area contributed by atoms with Gasteiger partial charge in [0, 0.05) is 37.0 Å². The lowest BCUT2D eigenvalue weighted by atomic mass is 9.97. The highest BCUT2D eigenvalue weighted by Crippen LogP contribution is 2.21. The second-order valence-corrected chi connectivity index (χ2v) is 6.34. The van der Waals surface area contributed by atoms with Crippen LogP contribution in [0.15, 0.2) is 53.6 Å². The van der Waals surface area contributed by atoms with Crippen LogP contribution in [0.1, 0.15) is 33.1 Å². The highest BCUT2D eigenvalue weighted by Gasteiger charge is 2.30. The van der Waals surface area contributed by atoms with Crippen molar-refractivity contribution >= 4 is 5.91 Å². The van der Waals surface area contributed by atoms with Gasteiger partial charge in [-0.2, -0.15) is 0 Å². The minimum atomic E-state index is -0.0532. The summed E-state index contributed by atoms with van der Waals surface area (Å²) in [6.07, 6.45) is 6.32. The van der Waals surface area contributed by atoms with Gasteiger partial charge in [-0.1, -0.05) is 26.0 Å². The second-order valence-electron chi connectivity index (χ2n) is 6.34. The first-order valence-corrected chi connectivity index (χ1v) is 9.09. The minimum absolute atomic E-state index is 0.0532. The summed E-state index contributed by atoms with van der Waals surface area (Å²) in [5, 5.41) is 0. The van der Waals surface area contributed by atoms with E-state index < -0.39 is 0 Å². The van der Waals surface area contributed by atoms with Gasteiger partial charge in [0.1, 0.15) is 6.61 Å². The molecule has 2 aromatic rings. The van der Waals surface area contributed by atoms with E-state index in [-0.39, 0.29) is 23.4 Å². The first kappa shape index (κ1) is 19.7. The average molecular weight is 357 g/mol. The SMILES string of the molecule is CC[C@@H](COc1ccccn1)N1CCCC(C)C1=O.O=c1cccc[nH]1. The number of carbonyl (C=O) groups is 1. The lowest BCUT2D eigenvalue weighted by Gasteiger charge is -2.36. The van der Waals surface area contributed by atoms with E-state index in [0.29, 0.717) is 12.5 Å². The second kappa shape index (κ2) is 10.4. The molecule has 140 valence electrons. The predicted octanol–water partition coefficient (Wildman–Crippen LogP) is 2.87. The van der Waals surface area contributed by atoms with E-state index in [1.807, 2.05) is 30.0 Å². The Bertz CT molecular complexity index is 700. The first-order chi connectivity index (χ1) is 12.6. The van der Waals surface area contributed by atoms with E-state index in [1.165, 1.54) is 6.07 Å². The van der Waals surface area contributed by atoms with Gasteiger partial charge in [0.15, 0.2) is 0 Å². The maximum atomic E-state index is 12.2. The number of rotatable bonds is 5. The minimum Gasteiger partial charge on any atom is -0.475 e. The molecule has 0 bridgehead atoms. The zero-order valence-electron chi connectivity index (χ0n) is 15.4. The molecule has 2 aromatic heterocycles. The molecular formula is C20H27N3O3. The summed E-state index contributed by atoms with van der Waals surface area (Å²) in [6, 6.07) is 10.7. The molecule has 1 unspecified atom stereocenters. The predicted molar refractivity (Wildman–Crippen MR) is 101 cm³/mol. The number of ether oxygens (including phenoxy) is 1. The van der Waals surface area contributed by atoms with Crippen LogP contribution in [0, 0.1) is 5.92 Å². The molecule has 1 aliphatic rings. The summed E-state index contributed by atoms with van der Waals surface area (Å²) >= 11 is 0. The summed E-state index contributed by atoms with van der Waals surface area (Å²) in [5.41, 5.74) is -0.0532. The van der Waals surface area contributed by atoms with Crippen molar-refractivity contribution in [2.45, 2.75) is 39.2 Å². The summed E-state index contributed by atoms with van der Waals surface area (Å²) in [6.45, 7) is 5.49. The molecule has 0 saturated carbocycles. The topological polar surface area (TPSA) is 75.3 Å². The lowest BCUT2D eigenvalue weighted by molar-refractivity contribution is -0.141. The third-order valence-electron chi connectivity index (χ3n) is 4.39. The fraction of sp³-hybridized carbons (Fsp3) is 0.450. The van der Waals surface area contributed by atoms with Crippen molar-refractivity contribution < 1.29 is 9.53 Å². The Morgan fingerprint density at radius 3 is 2.65 bits per heavy atom. The molecule has 3 rings (SSSR count). The number of likely N-dealkylation sites (tertiary alicyclic amines) is 1. The van der Waals surface area contributed by atoms with E-state index in [2.05, 4.69) is 16.9 Å². The summed E-state index contributed by atoms with van der Waals surface area (Å²) in [7, 11) is 0. The lowest BCUT2D eigenvalue weighted by Crippen LogP contribution is -2.48. The van der Waals surface area contributed by atoms with Crippen molar-refractivity contribution in [3.63, 3.8) is 0 Å². The molecule has 3 heterocycles. The van der Waals surface area contributed by atoms with Gasteiger partial charge in [-0.15, -0.1) is 0 Å². The number of nitrogens with zero attached hydrogens (tertiary/aromatic N) is 2.